The summed E-state index contributed by atoms with van der Waals surface area (Å²) in [6.07, 6.45) is 3.54. The summed E-state index contributed by atoms with van der Waals surface area (Å²) in [7, 11) is 3.76. The third kappa shape index (κ3) is 4.95. The van der Waals surface area contributed by atoms with Gasteiger partial charge in [0.25, 0.3) is 0 Å². The van der Waals surface area contributed by atoms with Gasteiger partial charge in [0.05, 0.1) is 12.0 Å². The van der Waals surface area contributed by atoms with Gasteiger partial charge in [-0.3, -0.25) is 9.59 Å². The van der Waals surface area contributed by atoms with Crippen molar-refractivity contribution in [2.24, 2.45) is 11.8 Å². The molecule has 2 amide bonds. The molecule has 27 heavy (non-hydrogen) atoms. The van der Waals surface area contributed by atoms with Gasteiger partial charge < -0.3 is 15.1 Å². The average molecular weight is 414 g/mol. The monoisotopic (exact) mass is 413 g/mol. The number of nitrogens with one attached hydrogen (secondary N) is 1. The van der Waals surface area contributed by atoms with E-state index < -0.39 is 0 Å². The second-order valence-corrected chi connectivity index (χ2v) is 7.91. The van der Waals surface area contributed by atoms with E-state index in [4.69, 9.17) is 11.6 Å². The maximum atomic E-state index is 13.2. The smallest absolute Gasteiger partial charge is 0.228 e. The predicted molar refractivity (Wildman–Crippen MR) is 110 cm³/mol. The molecule has 0 radical (unpaired) electrons. The molecular formula is C20H29Cl2N3O2. The molecule has 1 aromatic carbocycles. The molecule has 150 valence electrons. The number of likely N-dealkylation sites (tertiary alicyclic amines) is 2. The van der Waals surface area contributed by atoms with Gasteiger partial charge in [0, 0.05) is 31.6 Å². The summed E-state index contributed by atoms with van der Waals surface area (Å²) in [6, 6.07) is 7.29. The van der Waals surface area contributed by atoms with E-state index in [1.165, 1.54) is 0 Å². The van der Waals surface area contributed by atoms with E-state index in [2.05, 4.69) is 5.32 Å². The van der Waals surface area contributed by atoms with Crippen molar-refractivity contribution in [3.63, 3.8) is 0 Å². The van der Waals surface area contributed by atoms with E-state index in [-0.39, 0.29) is 42.6 Å². The molecule has 0 aromatic heterocycles. The number of halogens is 2. The Morgan fingerprint density at radius 1 is 1.30 bits per heavy atom. The Kier molecular flexibility index (Phi) is 7.95. The highest BCUT2D eigenvalue weighted by Gasteiger charge is 2.44. The van der Waals surface area contributed by atoms with Crippen LogP contribution in [-0.4, -0.2) is 55.3 Å². The average Bonchev–Trinajstić information content (AvgIpc) is 2.94. The van der Waals surface area contributed by atoms with Crippen LogP contribution in [0.15, 0.2) is 24.3 Å². The summed E-state index contributed by atoms with van der Waals surface area (Å²) in [5, 5.41) is 3.83. The lowest BCUT2D eigenvalue weighted by atomic mass is 9.89. The summed E-state index contributed by atoms with van der Waals surface area (Å²) in [4.78, 5) is 29.2. The third-order valence-corrected chi connectivity index (χ3v) is 6.06. The van der Waals surface area contributed by atoms with Crippen molar-refractivity contribution in [2.45, 2.75) is 31.7 Å². The lowest BCUT2D eigenvalue weighted by molar-refractivity contribution is -0.138. The predicted octanol–water partition coefficient (Wildman–Crippen LogP) is 3.13. The summed E-state index contributed by atoms with van der Waals surface area (Å²) in [5.41, 5.74) is 0.938. The minimum Gasteiger partial charge on any atom is -0.342 e. The Balaban J connectivity index is 0.00000261. The van der Waals surface area contributed by atoms with E-state index in [0.29, 0.717) is 10.9 Å². The standard InChI is InChI=1S/C20H28ClN3O2.ClH/c1-22-9-6-14-7-10-24(11-8-14)20(26)17-13-18(25)23(2)19(17)15-4-3-5-16(21)12-15;/h3-5,12,14,17,19,22H,6-11,13H2,1-2H3;1H. The van der Waals surface area contributed by atoms with Crippen molar-refractivity contribution < 1.29 is 9.59 Å². The Labute approximate surface area is 172 Å². The van der Waals surface area contributed by atoms with Gasteiger partial charge in [-0.2, -0.15) is 0 Å². The highest BCUT2D eigenvalue weighted by molar-refractivity contribution is 6.30. The Morgan fingerprint density at radius 3 is 2.63 bits per heavy atom. The van der Waals surface area contributed by atoms with Gasteiger partial charge in [-0.05, 0) is 56.5 Å². The van der Waals surface area contributed by atoms with Crippen LogP contribution in [-0.2, 0) is 9.59 Å². The van der Waals surface area contributed by atoms with Crippen LogP contribution in [0.1, 0.15) is 37.3 Å². The Morgan fingerprint density at radius 2 is 2.00 bits per heavy atom. The summed E-state index contributed by atoms with van der Waals surface area (Å²) >= 11 is 6.14. The van der Waals surface area contributed by atoms with E-state index in [1.807, 2.05) is 36.2 Å². The number of carbonyl (C=O) groups is 2. The first kappa shape index (κ1) is 22.0. The first-order valence-electron chi connectivity index (χ1n) is 9.45. The molecule has 2 fully saturated rings. The van der Waals surface area contributed by atoms with E-state index in [1.54, 1.807) is 11.9 Å². The van der Waals surface area contributed by atoms with Crippen LogP contribution in [0.3, 0.4) is 0 Å². The fourth-order valence-corrected chi connectivity index (χ4v) is 4.46. The zero-order valence-electron chi connectivity index (χ0n) is 16.0. The molecule has 2 aliphatic rings. The second kappa shape index (κ2) is 9.76. The molecule has 1 aromatic rings. The number of carbonyl (C=O) groups excluding carboxylic acids is 2. The topological polar surface area (TPSA) is 52.7 Å². The van der Waals surface area contributed by atoms with E-state index in [0.717, 1.165) is 44.5 Å². The quantitative estimate of drug-likeness (QED) is 0.806. The van der Waals surface area contributed by atoms with Crippen LogP contribution in [0.25, 0.3) is 0 Å². The van der Waals surface area contributed by atoms with Crippen LogP contribution in [0.4, 0.5) is 0 Å². The normalized spacial score (nSPS) is 23.4. The zero-order chi connectivity index (χ0) is 18.7. The SMILES string of the molecule is CNCCC1CCN(C(=O)C2CC(=O)N(C)C2c2cccc(Cl)c2)CC1.Cl. The highest BCUT2D eigenvalue weighted by Crippen LogP contribution is 2.39. The molecule has 0 aliphatic carbocycles. The molecular weight excluding hydrogens is 385 g/mol. The molecule has 1 N–H and O–H groups in total. The van der Waals surface area contributed by atoms with Crippen molar-refractivity contribution in [1.82, 2.24) is 15.1 Å². The first-order chi connectivity index (χ1) is 12.5. The molecule has 3 rings (SSSR count). The molecule has 0 spiro atoms. The maximum Gasteiger partial charge on any atom is 0.228 e. The molecule has 2 unspecified atom stereocenters. The van der Waals surface area contributed by atoms with Crippen LogP contribution < -0.4 is 5.32 Å². The van der Waals surface area contributed by atoms with E-state index >= 15 is 0 Å². The molecule has 2 heterocycles. The molecule has 0 bridgehead atoms. The Bertz CT molecular complexity index is 662. The van der Waals surface area contributed by atoms with Crippen molar-refractivity contribution in [1.29, 1.82) is 0 Å². The van der Waals surface area contributed by atoms with E-state index in [9.17, 15) is 9.59 Å². The fraction of sp³-hybridized carbons (Fsp3) is 0.600. The van der Waals surface area contributed by atoms with Crippen LogP contribution in [0.2, 0.25) is 5.02 Å². The Hall–Kier alpha value is -1.30. The minimum atomic E-state index is -0.320. The summed E-state index contributed by atoms with van der Waals surface area (Å²) in [6.45, 7) is 2.62. The second-order valence-electron chi connectivity index (χ2n) is 7.48. The largest absolute Gasteiger partial charge is 0.342 e. The number of nitrogens with zero attached hydrogens (tertiary/aromatic N) is 2. The molecule has 2 aliphatic heterocycles. The van der Waals surface area contributed by atoms with Gasteiger partial charge in [0.2, 0.25) is 11.8 Å². The molecule has 2 saturated heterocycles. The van der Waals surface area contributed by atoms with Crippen molar-refractivity contribution in [2.75, 3.05) is 33.7 Å². The van der Waals surface area contributed by atoms with Gasteiger partial charge in [0.15, 0.2) is 0 Å². The van der Waals surface area contributed by atoms with Crippen molar-refractivity contribution in [3.05, 3.63) is 34.9 Å². The molecule has 2 atom stereocenters. The summed E-state index contributed by atoms with van der Waals surface area (Å²) in [5.74, 6) is 0.500. The number of benzene rings is 1. The van der Waals surface area contributed by atoms with Gasteiger partial charge in [0.1, 0.15) is 0 Å². The number of hydrogen-bond donors (Lipinski definition) is 1. The molecule has 7 heteroatoms. The lowest BCUT2D eigenvalue weighted by Crippen LogP contribution is -2.43. The summed E-state index contributed by atoms with van der Waals surface area (Å²) < 4.78 is 0. The van der Waals surface area contributed by atoms with Gasteiger partial charge in [-0.25, -0.2) is 0 Å². The van der Waals surface area contributed by atoms with Gasteiger partial charge in [-0.1, -0.05) is 23.7 Å². The number of hydrogen-bond acceptors (Lipinski definition) is 3. The van der Waals surface area contributed by atoms with Crippen LogP contribution in [0, 0.1) is 11.8 Å². The fourth-order valence-electron chi connectivity index (χ4n) is 4.26. The first-order valence-corrected chi connectivity index (χ1v) is 9.83. The number of piperidine rings is 1. The molecule has 5 nitrogen and oxygen atoms in total. The van der Waals surface area contributed by atoms with Crippen molar-refractivity contribution >= 4 is 35.8 Å². The zero-order valence-corrected chi connectivity index (χ0v) is 17.6. The van der Waals surface area contributed by atoms with Crippen molar-refractivity contribution in [3.8, 4) is 0 Å². The van der Waals surface area contributed by atoms with Gasteiger partial charge >= 0.3 is 0 Å². The molecule has 0 saturated carbocycles. The lowest BCUT2D eigenvalue weighted by Gasteiger charge is -2.35. The maximum absolute atomic E-state index is 13.2. The minimum absolute atomic E-state index is 0. The van der Waals surface area contributed by atoms with Gasteiger partial charge in [-0.15, -0.1) is 12.4 Å². The number of rotatable bonds is 5. The number of amides is 2. The van der Waals surface area contributed by atoms with Crippen LogP contribution in [0.5, 0.6) is 0 Å². The van der Waals surface area contributed by atoms with Crippen LogP contribution >= 0.6 is 24.0 Å². The third-order valence-electron chi connectivity index (χ3n) is 5.82. The highest BCUT2D eigenvalue weighted by atomic mass is 35.5.